The third kappa shape index (κ3) is 4.21. The van der Waals surface area contributed by atoms with Crippen LogP contribution in [0.5, 0.6) is 0 Å². The van der Waals surface area contributed by atoms with Crippen LogP contribution in [0.15, 0.2) is 16.8 Å². The number of nitrogens with zero attached hydrogens (tertiary/aromatic N) is 2. The number of carbonyl (C=O) groups is 1. The predicted molar refractivity (Wildman–Crippen MR) is 84.4 cm³/mol. The molecule has 1 N–H and O–H groups in total. The van der Waals surface area contributed by atoms with Crippen molar-refractivity contribution in [3.05, 3.63) is 22.4 Å². The number of hydrogen-bond acceptors (Lipinski definition) is 3. The molecule has 5 heteroatoms. The summed E-state index contributed by atoms with van der Waals surface area (Å²) in [6, 6.07) is 2.22. The lowest BCUT2D eigenvalue weighted by molar-refractivity contribution is 0.205. The van der Waals surface area contributed by atoms with Gasteiger partial charge in [0, 0.05) is 26.2 Å². The summed E-state index contributed by atoms with van der Waals surface area (Å²) in [6.07, 6.45) is 1.12. The van der Waals surface area contributed by atoms with Crippen molar-refractivity contribution in [2.75, 3.05) is 40.3 Å². The van der Waals surface area contributed by atoms with Gasteiger partial charge in [-0.05, 0) is 54.7 Å². The monoisotopic (exact) mass is 295 g/mol. The Morgan fingerprint density at radius 2 is 2.40 bits per heavy atom. The van der Waals surface area contributed by atoms with Crippen LogP contribution in [-0.4, -0.2) is 56.1 Å². The second-order valence-corrected chi connectivity index (χ2v) is 6.79. The van der Waals surface area contributed by atoms with Crippen LogP contribution in [0.3, 0.4) is 0 Å². The van der Waals surface area contributed by atoms with Gasteiger partial charge in [0.05, 0.1) is 0 Å². The van der Waals surface area contributed by atoms with Crippen LogP contribution in [-0.2, 0) is 0 Å². The van der Waals surface area contributed by atoms with Crippen LogP contribution >= 0.6 is 11.3 Å². The smallest absolute Gasteiger partial charge is 0.317 e. The molecule has 2 amide bonds. The fraction of sp³-hybridized carbons (Fsp3) is 0.667. The summed E-state index contributed by atoms with van der Waals surface area (Å²) in [4.78, 5) is 16.3. The van der Waals surface area contributed by atoms with Crippen molar-refractivity contribution < 1.29 is 4.79 Å². The molecule has 1 aliphatic heterocycles. The third-order valence-corrected chi connectivity index (χ3v) is 4.57. The van der Waals surface area contributed by atoms with E-state index >= 15 is 0 Å². The molecule has 1 saturated heterocycles. The highest BCUT2D eigenvalue weighted by atomic mass is 32.1. The number of hydrogen-bond donors (Lipinski definition) is 1. The van der Waals surface area contributed by atoms with Gasteiger partial charge < -0.3 is 15.1 Å². The molecule has 112 valence electrons. The van der Waals surface area contributed by atoms with E-state index in [1.165, 1.54) is 5.56 Å². The Morgan fingerprint density at radius 3 is 3.05 bits per heavy atom. The van der Waals surface area contributed by atoms with Crippen LogP contribution in [0.1, 0.15) is 24.8 Å². The average Bonchev–Trinajstić information content (AvgIpc) is 3.05. The van der Waals surface area contributed by atoms with Gasteiger partial charge >= 0.3 is 6.03 Å². The van der Waals surface area contributed by atoms with Gasteiger partial charge in [0.15, 0.2) is 0 Å². The average molecular weight is 295 g/mol. The molecule has 0 radical (unpaired) electrons. The molecule has 4 nitrogen and oxygen atoms in total. The molecule has 0 aromatic carbocycles. The fourth-order valence-corrected chi connectivity index (χ4v) is 3.49. The van der Waals surface area contributed by atoms with E-state index in [9.17, 15) is 4.79 Å². The molecule has 1 aromatic heterocycles. The maximum atomic E-state index is 12.2. The van der Waals surface area contributed by atoms with Crippen molar-refractivity contribution in [2.24, 2.45) is 5.92 Å². The molecular weight excluding hydrogens is 270 g/mol. The minimum atomic E-state index is 0.0911. The molecule has 0 spiro atoms. The van der Waals surface area contributed by atoms with Crippen LogP contribution < -0.4 is 5.32 Å². The maximum absolute atomic E-state index is 12.2. The molecule has 20 heavy (non-hydrogen) atoms. The van der Waals surface area contributed by atoms with E-state index in [0.29, 0.717) is 18.4 Å². The normalized spacial score (nSPS) is 20.4. The van der Waals surface area contributed by atoms with Gasteiger partial charge in [-0.25, -0.2) is 4.79 Å². The van der Waals surface area contributed by atoms with Crippen molar-refractivity contribution in [3.8, 4) is 0 Å². The Morgan fingerprint density at radius 1 is 1.60 bits per heavy atom. The molecule has 1 fully saturated rings. The van der Waals surface area contributed by atoms with Crippen LogP contribution in [0.4, 0.5) is 4.79 Å². The van der Waals surface area contributed by atoms with Crippen molar-refractivity contribution in [3.63, 3.8) is 0 Å². The molecule has 0 saturated carbocycles. The fourth-order valence-electron chi connectivity index (χ4n) is 2.71. The molecule has 2 rings (SSSR count). The highest BCUT2D eigenvalue weighted by Gasteiger charge is 2.26. The Hall–Kier alpha value is -1.07. The van der Waals surface area contributed by atoms with Gasteiger partial charge in [0.25, 0.3) is 0 Å². The molecule has 2 atom stereocenters. The van der Waals surface area contributed by atoms with Gasteiger partial charge in [0.1, 0.15) is 0 Å². The zero-order chi connectivity index (χ0) is 14.5. The predicted octanol–water partition coefficient (Wildman–Crippen LogP) is 2.44. The summed E-state index contributed by atoms with van der Waals surface area (Å²) in [5.74, 6) is 0.996. The number of thiophene rings is 1. The van der Waals surface area contributed by atoms with Crippen LogP contribution in [0, 0.1) is 5.92 Å². The van der Waals surface area contributed by atoms with Gasteiger partial charge in [-0.1, -0.05) is 6.92 Å². The summed E-state index contributed by atoms with van der Waals surface area (Å²) in [5, 5.41) is 7.30. The number of carbonyl (C=O) groups excluding carboxylic acids is 1. The number of urea groups is 1. The minimum Gasteiger partial charge on any atom is -0.337 e. The Kier molecular flexibility index (Phi) is 5.43. The topological polar surface area (TPSA) is 35.6 Å². The van der Waals surface area contributed by atoms with Gasteiger partial charge in [0.2, 0.25) is 0 Å². The van der Waals surface area contributed by atoms with E-state index < -0.39 is 0 Å². The molecule has 0 unspecified atom stereocenters. The highest BCUT2D eigenvalue weighted by Crippen LogP contribution is 2.19. The van der Waals surface area contributed by atoms with Crippen molar-refractivity contribution in [1.29, 1.82) is 0 Å². The third-order valence-electron chi connectivity index (χ3n) is 3.87. The first kappa shape index (κ1) is 15.3. The number of amides is 2. The Balaban J connectivity index is 1.73. The maximum Gasteiger partial charge on any atom is 0.317 e. The molecule has 2 heterocycles. The molecular formula is C15H25N3OS. The first-order chi connectivity index (χ1) is 9.56. The summed E-state index contributed by atoms with van der Waals surface area (Å²) in [7, 11) is 4.18. The van der Waals surface area contributed by atoms with E-state index in [2.05, 4.69) is 48.1 Å². The molecule has 0 aliphatic carbocycles. The van der Waals surface area contributed by atoms with Crippen LogP contribution in [0.25, 0.3) is 0 Å². The first-order valence-electron chi connectivity index (χ1n) is 7.26. The number of rotatable bonds is 5. The zero-order valence-electron chi connectivity index (χ0n) is 12.6. The summed E-state index contributed by atoms with van der Waals surface area (Å²) < 4.78 is 0. The van der Waals surface area contributed by atoms with Crippen molar-refractivity contribution >= 4 is 17.4 Å². The van der Waals surface area contributed by atoms with Crippen LogP contribution in [0.2, 0.25) is 0 Å². The summed E-state index contributed by atoms with van der Waals surface area (Å²) in [6.45, 7) is 5.70. The van der Waals surface area contributed by atoms with Crippen molar-refractivity contribution in [2.45, 2.75) is 19.3 Å². The Labute approximate surface area is 125 Å². The van der Waals surface area contributed by atoms with E-state index in [-0.39, 0.29) is 6.03 Å². The second kappa shape index (κ2) is 7.09. The molecule has 0 bridgehead atoms. The number of nitrogens with one attached hydrogen (secondary N) is 1. The lowest BCUT2D eigenvalue weighted by Gasteiger charge is -2.20. The highest BCUT2D eigenvalue weighted by molar-refractivity contribution is 7.07. The van der Waals surface area contributed by atoms with Gasteiger partial charge in [-0.2, -0.15) is 11.3 Å². The Bertz CT molecular complexity index is 419. The van der Waals surface area contributed by atoms with Crippen molar-refractivity contribution in [1.82, 2.24) is 15.1 Å². The largest absolute Gasteiger partial charge is 0.337 e. The lowest BCUT2D eigenvalue weighted by Crippen LogP contribution is -2.40. The first-order valence-corrected chi connectivity index (χ1v) is 8.20. The minimum absolute atomic E-state index is 0.0911. The quantitative estimate of drug-likeness (QED) is 0.905. The SMILES string of the molecule is C[C@@H](CNC(=O)N1CC[C@@H](CN(C)C)C1)c1ccsc1. The van der Waals surface area contributed by atoms with Gasteiger partial charge in [-0.3, -0.25) is 0 Å². The summed E-state index contributed by atoms with van der Waals surface area (Å²) >= 11 is 1.71. The molecule has 1 aliphatic rings. The van der Waals surface area contributed by atoms with E-state index in [0.717, 1.165) is 26.1 Å². The zero-order valence-corrected chi connectivity index (χ0v) is 13.4. The van der Waals surface area contributed by atoms with E-state index in [1.54, 1.807) is 11.3 Å². The lowest BCUT2D eigenvalue weighted by atomic mass is 10.1. The summed E-state index contributed by atoms with van der Waals surface area (Å²) in [5.41, 5.74) is 1.31. The van der Waals surface area contributed by atoms with E-state index in [4.69, 9.17) is 0 Å². The standard InChI is InChI=1S/C15H25N3OS/c1-12(14-5-7-20-11-14)8-16-15(19)18-6-4-13(10-18)9-17(2)3/h5,7,11-13H,4,6,8-10H2,1-3H3,(H,16,19)/t12-,13-/m0/s1. The van der Waals surface area contributed by atoms with E-state index in [1.807, 2.05) is 4.90 Å². The van der Waals surface area contributed by atoms with Gasteiger partial charge in [-0.15, -0.1) is 0 Å². The second-order valence-electron chi connectivity index (χ2n) is 6.01. The molecule has 1 aromatic rings. The number of likely N-dealkylation sites (tertiary alicyclic amines) is 1.